The molecule has 2 saturated heterocycles. The van der Waals surface area contributed by atoms with Crippen LogP contribution in [0, 0.1) is 11.8 Å². The van der Waals surface area contributed by atoms with Gasteiger partial charge < -0.3 is 15.0 Å². The third-order valence-electron chi connectivity index (χ3n) is 7.40. The molecular weight excluding hydrogens is 460 g/mol. The molecule has 1 aromatic heterocycles. The second kappa shape index (κ2) is 11.0. The van der Waals surface area contributed by atoms with Gasteiger partial charge in [-0.1, -0.05) is 0 Å². The van der Waals surface area contributed by atoms with Gasteiger partial charge in [0.1, 0.15) is 11.4 Å². The molecule has 0 aromatic carbocycles. The number of amides is 3. The number of imide groups is 1. The molecule has 1 atom stereocenters. The number of piperidine rings is 2. The fourth-order valence-electron chi connectivity index (χ4n) is 5.43. The molecule has 1 unspecified atom stereocenters. The zero-order chi connectivity index (χ0) is 25.9. The predicted molar refractivity (Wildman–Crippen MR) is 134 cm³/mol. The Kier molecular flexibility index (Phi) is 7.95. The SMILES string of the molecule is CC(C)(C)OC(=O)C1CCN(C(=O)[C@H]2CC[C@H](Nc3cc(C4CCC(=O)NC4=O)ccn3)CC2)CC1. The number of ether oxygens (including phenoxy) is 1. The van der Waals surface area contributed by atoms with Gasteiger partial charge >= 0.3 is 5.97 Å². The monoisotopic (exact) mass is 498 g/mol. The van der Waals surface area contributed by atoms with Gasteiger partial charge in [0.05, 0.1) is 11.8 Å². The van der Waals surface area contributed by atoms with Crippen LogP contribution in [0.15, 0.2) is 18.3 Å². The largest absolute Gasteiger partial charge is 0.460 e. The summed E-state index contributed by atoms with van der Waals surface area (Å²) in [6.45, 7) is 6.84. The van der Waals surface area contributed by atoms with E-state index < -0.39 is 5.60 Å². The molecule has 0 spiro atoms. The molecule has 3 fully saturated rings. The van der Waals surface area contributed by atoms with Crippen molar-refractivity contribution in [2.45, 2.75) is 89.7 Å². The Morgan fingerprint density at radius 2 is 1.72 bits per heavy atom. The molecule has 196 valence electrons. The molecule has 3 aliphatic rings. The number of carbonyl (C=O) groups is 4. The number of anilines is 1. The standard InChI is InChI=1S/C27H38N4O5/c1-27(2,3)36-26(35)18-11-14-31(15-12-18)25(34)17-4-6-20(7-5-17)29-22-16-19(10-13-28-22)21-8-9-23(32)30-24(21)33/h10,13,16-18,20-21H,4-9,11-12,14-15H2,1-3H3,(H,28,29)(H,30,32,33)/t17-,20-,21?. The van der Waals surface area contributed by atoms with Gasteiger partial charge in [0, 0.05) is 37.7 Å². The Balaban J connectivity index is 1.23. The van der Waals surface area contributed by atoms with Gasteiger partial charge in [0.25, 0.3) is 0 Å². The van der Waals surface area contributed by atoms with Crippen LogP contribution in [0.3, 0.4) is 0 Å². The summed E-state index contributed by atoms with van der Waals surface area (Å²) >= 11 is 0. The highest BCUT2D eigenvalue weighted by atomic mass is 16.6. The molecule has 9 heteroatoms. The van der Waals surface area contributed by atoms with Gasteiger partial charge in [-0.3, -0.25) is 24.5 Å². The Morgan fingerprint density at radius 3 is 2.36 bits per heavy atom. The van der Waals surface area contributed by atoms with E-state index in [4.69, 9.17) is 4.74 Å². The summed E-state index contributed by atoms with van der Waals surface area (Å²) in [6.07, 6.45) is 7.24. The lowest BCUT2D eigenvalue weighted by atomic mass is 9.84. The number of likely N-dealkylation sites (tertiary alicyclic amines) is 1. The van der Waals surface area contributed by atoms with Crippen LogP contribution < -0.4 is 10.6 Å². The van der Waals surface area contributed by atoms with E-state index in [2.05, 4.69) is 15.6 Å². The van der Waals surface area contributed by atoms with Crippen molar-refractivity contribution < 1.29 is 23.9 Å². The third kappa shape index (κ3) is 6.62. The molecule has 1 aliphatic carbocycles. The second-order valence-electron chi connectivity index (χ2n) is 11.3. The lowest BCUT2D eigenvalue weighted by molar-refractivity contribution is -0.162. The van der Waals surface area contributed by atoms with Crippen molar-refractivity contribution in [1.29, 1.82) is 0 Å². The maximum absolute atomic E-state index is 13.1. The van der Waals surface area contributed by atoms with Crippen molar-refractivity contribution >= 4 is 29.5 Å². The van der Waals surface area contributed by atoms with Crippen LogP contribution in [-0.4, -0.2) is 58.3 Å². The lowest BCUT2D eigenvalue weighted by Crippen LogP contribution is -2.45. The summed E-state index contributed by atoms with van der Waals surface area (Å²) in [5.41, 5.74) is 0.370. The number of rotatable bonds is 5. The van der Waals surface area contributed by atoms with Crippen molar-refractivity contribution in [3.05, 3.63) is 23.9 Å². The zero-order valence-electron chi connectivity index (χ0n) is 21.5. The highest BCUT2D eigenvalue weighted by molar-refractivity contribution is 6.01. The van der Waals surface area contributed by atoms with E-state index in [0.717, 1.165) is 37.1 Å². The number of hydrogen-bond acceptors (Lipinski definition) is 7. The fourth-order valence-corrected chi connectivity index (χ4v) is 5.43. The van der Waals surface area contributed by atoms with Crippen LogP contribution in [0.2, 0.25) is 0 Å². The molecule has 36 heavy (non-hydrogen) atoms. The molecule has 4 rings (SSSR count). The van der Waals surface area contributed by atoms with Gasteiger partial charge in [-0.15, -0.1) is 0 Å². The number of esters is 1. The molecule has 2 N–H and O–H groups in total. The Hall–Kier alpha value is -2.97. The molecule has 0 radical (unpaired) electrons. The smallest absolute Gasteiger partial charge is 0.309 e. The van der Waals surface area contributed by atoms with Crippen LogP contribution in [0.4, 0.5) is 5.82 Å². The van der Waals surface area contributed by atoms with E-state index in [9.17, 15) is 19.2 Å². The summed E-state index contributed by atoms with van der Waals surface area (Å²) < 4.78 is 5.51. The van der Waals surface area contributed by atoms with Crippen LogP contribution in [0.1, 0.15) is 83.6 Å². The first kappa shape index (κ1) is 26.1. The van der Waals surface area contributed by atoms with Crippen LogP contribution >= 0.6 is 0 Å². The molecular formula is C27H38N4O5. The molecule has 1 aromatic rings. The van der Waals surface area contributed by atoms with Gasteiger partial charge in [0.2, 0.25) is 17.7 Å². The first-order valence-corrected chi connectivity index (χ1v) is 13.2. The minimum atomic E-state index is -0.488. The fraction of sp³-hybridized carbons (Fsp3) is 0.667. The van der Waals surface area contributed by atoms with E-state index in [1.54, 1.807) is 6.20 Å². The van der Waals surface area contributed by atoms with E-state index in [1.165, 1.54) is 0 Å². The predicted octanol–water partition coefficient (Wildman–Crippen LogP) is 3.15. The summed E-state index contributed by atoms with van der Waals surface area (Å²) in [5.74, 6) is -0.152. The Morgan fingerprint density at radius 1 is 1.03 bits per heavy atom. The summed E-state index contributed by atoms with van der Waals surface area (Å²) in [7, 11) is 0. The number of nitrogens with one attached hydrogen (secondary N) is 2. The molecule has 9 nitrogen and oxygen atoms in total. The average Bonchev–Trinajstić information content (AvgIpc) is 2.83. The van der Waals surface area contributed by atoms with Crippen LogP contribution in [0.25, 0.3) is 0 Å². The average molecular weight is 499 g/mol. The number of carbonyl (C=O) groups excluding carboxylic acids is 4. The molecule has 0 bridgehead atoms. The zero-order valence-corrected chi connectivity index (χ0v) is 21.5. The highest BCUT2D eigenvalue weighted by Gasteiger charge is 2.35. The Labute approximate surface area is 212 Å². The molecule has 3 heterocycles. The molecule has 2 aliphatic heterocycles. The van der Waals surface area contributed by atoms with Gasteiger partial charge in [-0.2, -0.15) is 0 Å². The maximum Gasteiger partial charge on any atom is 0.309 e. The molecule has 3 amide bonds. The first-order chi connectivity index (χ1) is 17.1. The normalized spacial score (nSPS) is 25.8. The van der Waals surface area contributed by atoms with Crippen molar-refractivity contribution in [1.82, 2.24) is 15.2 Å². The summed E-state index contributed by atoms with van der Waals surface area (Å²) in [6, 6.07) is 3.94. The lowest BCUT2D eigenvalue weighted by Gasteiger charge is -2.36. The number of aromatic nitrogens is 1. The number of nitrogens with zero attached hydrogens (tertiary/aromatic N) is 2. The van der Waals surface area contributed by atoms with Gasteiger partial charge in [-0.25, -0.2) is 4.98 Å². The quantitative estimate of drug-likeness (QED) is 0.473. The van der Waals surface area contributed by atoms with E-state index in [1.807, 2.05) is 37.8 Å². The van der Waals surface area contributed by atoms with E-state index >= 15 is 0 Å². The van der Waals surface area contributed by atoms with E-state index in [-0.39, 0.29) is 47.5 Å². The minimum Gasteiger partial charge on any atom is -0.460 e. The topological polar surface area (TPSA) is 118 Å². The third-order valence-corrected chi connectivity index (χ3v) is 7.40. The Bertz CT molecular complexity index is 988. The minimum absolute atomic E-state index is 0.0175. The summed E-state index contributed by atoms with van der Waals surface area (Å²) in [5, 5.41) is 5.88. The van der Waals surface area contributed by atoms with Crippen molar-refractivity contribution in [2.75, 3.05) is 18.4 Å². The van der Waals surface area contributed by atoms with E-state index in [0.29, 0.717) is 38.8 Å². The van der Waals surface area contributed by atoms with Crippen molar-refractivity contribution in [3.8, 4) is 0 Å². The first-order valence-electron chi connectivity index (χ1n) is 13.2. The van der Waals surface area contributed by atoms with Crippen molar-refractivity contribution in [2.24, 2.45) is 11.8 Å². The number of hydrogen-bond donors (Lipinski definition) is 2. The van der Waals surface area contributed by atoms with Gasteiger partial charge in [0.15, 0.2) is 0 Å². The molecule has 1 saturated carbocycles. The number of pyridine rings is 1. The van der Waals surface area contributed by atoms with Gasteiger partial charge in [-0.05, 0) is 83.4 Å². The maximum atomic E-state index is 13.1. The highest BCUT2D eigenvalue weighted by Crippen LogP contribution is 2.31. The van der Waals surface area contributed by atoms with Crippen LogP contribution in [-0.2, 0) is 23.9 Å². The summed E-state index contributed by atoms with van der Waals surface area (Å²) in [4.78, 5) is 55.4. The van der Waals surface area contributed by atoms with Crippen LogP contribution in [0.5, 0.6) is 0 Å². The van der Waals surface area contributed by atoms with Crippen molar-refractivity contribution in [3.63, 3.8) is 0 Å². The second-order valence-corrected chi connectivity index (χ2v) is 11.3.